The fourth-order valence-electron chi connectivity index (χ4n) is 1.56. The second-order valence-corrected chi connectivity index (χ2v) is 5.59. The second-order valence-electron chi connectivity index (χ2n) is 3.70. The molecule has 18 heavy (non-hydrogen) atoms. The van der Waals surface area contributed by atoms with Gasteiger partial charge in [-0.05, 0) is 18.6 Å². The number of benzene rings is 1. The molecule has 0 spiro atoms. The van der Waals surface area contributed by atoms with Gasteiger partial charge in [0.1, 0.15) is 0 Å². The van der Waals surface area contributed by atoms with Crippen LogP contribution in [0.1, 0.15) is 16.1 Å². The summed E-state index contributed by atoms with van der Waals surface area (Å²) >= 11 is 4.75. The Morgan fingerprint density at radius 1 is 1.50 bits per heavy atom. The number of hydrogen-bond acceptors (Lipinski definition) is 5. The maximum Gasteiger partial charge on any atom is 0.358 e. The molecule has 0 aliphatic rings. The van der Waals surface area contributed by atoms with E-state index in [9.17, 15) is 4.79 Å². The van der Waals surface area contributed by atoms with Gasteiger partial charge in [-0.25, -0.2) is 9.78 Å². The highest BCUT2D eigenvalue weighted by molar-refractivity contribution is 9.10. The van der Waals surface area contributed by atoms with Crippen molar-refractivity contribution in [2.45, 2.75) is 6.92 Å². The van der Waals surface area contributed by atoms with E-state index in [0.717, 1.165) is 15.6 Å². The van der Waals surface area contributed by atoms with E-state index in [-0.39, 0.29) is 5.69 Å². The van der Waals surface area contributed by atoms with Crippen LogP contribution in [-0.4, -0.2) is 18.1 Å². The monoisotopic (exact) mass is 326 g/mol. The summed E-state index contributed by atoms with van der Waals surface area (Å²) in [4.78, 5) is 16.4. The zero-order valence-corrected chi connectivity index (χ0v) is 12.3. The molecular weight excluding hydrogens is 316 g/mol. The maximum atomic E-state index is 11.7. The molecule has 6 heteroatoms. The topological polar surface area (TPSA) is 65.2 Å². The van der Waals surface area contributed by atoms with Crippen LogP contribution in [0.25, 0.3) is 10.4 Å². The fourth-order valence-corrected chi connectivity index (χ4v) is 3.24. The van der Waals surface area contributed by atoms with Gasteiger partial charge in [0.15, 0.2) is 10.8 Å². The summed E-state index contributed by atoms with van der Waals surface area (Å²) < 4.78 is 5.61. The molecule has 0 unspecified atom stereocenters. The molecule has 0 fully saturated rings. The lowest BCUT2D eigenvalue weighted by Crippen LogP contribution is -2.03. The third kappa shape index (κ3) is 2.39. The van der Waals surface area contributed by atoms with Crippen molar-refractivity contribution in [3.8, 4) is 10.4 Å². The summed E-state index contributed by atoms with van der Waals surface area (Å²) in [5, 5.41) is 0.345. The average Bonchev–Trinajstić information content (AvgIpc) is 2.70. The van der Waals surface area contributed by atoms with Crippen molar-refractivity contribution in [3.63, 3.8) is 0 Å². The van der Waals surface area contributed by atoms with E-state index < -0.39 is 5.97 Å². The van der Waals surface area contributed by atoms with Crippen LogP contribution in [-0.2, 0) is 4.74 Å². The number of nitrogens with two attached hydrogens (primary N) is 1. The molecule has 0 aliphatic heterocycles. The number of nitrogen functional groups attached to an aromatic ring is 1. The Bertz CT molecular complexity index is 610. The third-order valence-electron chi connectivity index (χ3n) is 2.39. The number of carbonyl (C=O) groups excluding carboxylic acids is 1. The molecule has 94 valence electrons. The van der Waals surface area contributed by atoms with Crippen molar-refractivity contribution in [2.75, 3.05) is 12.8 Å². The highest BCUT2D eigenvalue weighted by Gasteiger charge is 2.20. The van der Waals surface area contributed by atoms with Crippen LogP contribution < -0.4 is 5.73 Å². The first-order valence-electron chi connectivity index (χ1n) is 5.14. The van der Waals surface area contributed by atoms with Gasteiger partial charge in [-0.2, -0.15) is 0 Å². The van der Waals surface area contributed by atoms with Crippen LogP contribution in [0, 0.1) is 6.92 Å². The lowest BCUT2D eigenvalue weighted by atomic mass is 10.1. The fraction of sp³-hybridized carbons (Fsp3) is 0.167. The minimum atomic E-state index is -0.481. The first kappa shape index (κ1) is 13.0. The molecule has 2 N–H and O–H groups in total. The molecule has 0 radical (unpaired) electrons. The maximum absolute atomic E-state index is 11.7. The van der Waals surface area contributed by atoms with Crippen LogP contribution in [0.5, 0.6) is 0 Å². The molecule has 1 heterocycles. The largest absolute Gasteiger partial charge is 0.464 e. The number of hydrogen-bond donors (Lipinski definition) is 1. The summed E-state index contributed by atoms with van der Waals surface area (Å²) in [6, 6.07) is 5.88. The van der Waals surface area contributed by atoms with E-state index in [1.54, 1.807) is 0 Å². The van der Waals surface area contributed by atoms with Gasteiger partial charge < -0.3 is 10.5 Å². The molecule has 2 rings (SSSR count). The Morgan fingerprint density at radius 2 is 2.22 bits per heavy atom. The Labute approximate surface area is 117 Å². The minimum absolute atomic E-state index is 0.254. The van der Waals surface area contributed by atoms with Crippen LogP contribution in [0.15, 0.2) is 22.7 Å². The van der Waals surface area contributed by atoms with E-state index in [1.165, 1.54) is 18.4 Å². The van der Waals surface area contributed by atoms with Crippen LogP contribution >= 0.6 is 27.3 Å². The van der Waals surface area contributed by atoms with E-state index in [1.807, 2.05) is 25.1 Å². The van der Waals surface area contributed by atoms with E-state index in [2.05, 4.69) is 20.9 Å². The molecular formula is C12H11BrN2O2S. The van der Waals surface area contributed by atoms with Gasteiger partial charge in [0.2, 0.25) is 0 Å². The molecule has 0 atom stereocenters. The highest BCUT2D eigenvalue weighted by atomic mass is 79.9. The van der Waals surface area contributed by atoms with E-state index >= 15 is 0 Å². The first-order valence-corrected chi connectivity index (χ1v) is 6.75. The molecule has 0 amide bonds. The smallest absolute Gasteiger partial charge is 0.358 e. The Kier molecular flexibility index (Phi) is 3.68. The third-order valence-corrected chi connectivity index (χ3v) is 3.97. The number of ether oxygens (including phenoxy) is 1. The van der Waals surface area contributed by atoms with Gasteiger partial charge in [0, 0.05) is 10.0 Å². The molecule has 2 aromatic rings. The lowest BCUT2D eigenvalue weighted by molar-refractivity contribution is 0.0596. The zero-order valence-electron chi connectivity index (χ0n) is 9.86. The molecule has 4 nitrogen and oxygen atoms in total. The van der Waals surface area contributed by atoms with Gasteiger partial charge in [0.25, 0.3) is 0 Å². The molecule has 1 aromatic carbocycles. The molecule has 0 aliphatic carbocycles. The number of esters is 1. The molecule has 0 bridgehead atoms. The number of nitrogens with zero attached hydrogens (tertiary/aromatic N) is 1. The summed E-state index contributed by atoms with van der Waals surface area (Å²) in [6.45, 7) is 2.00. The summed E-state index contributed by atoms with van der Waals surface area (Å²) in [7, 11) is 1.33. The minimum Gasteiger partial charge on any atom is -0.464 e. The Hall–Kier alpha value is -1.40. The number of rotatable bonds is 2. The van der Waals surface area contributed by atoms with Crippen molar-refractivity contribution in [1.82, 2.24) is 4.98 Å². The van der Waals surface area contributed by atoms with Crippen molar-refractivity contribution < 1.29 is 9.53 Å². The number of aryl methyl sites for hydroxylation is 1. The standard InChI is InChI=1S/C12H11BrN2O2S/c1-6-3-4-7(8(13)5-6)10-9(11(16)17-2)15-12(14)18-10/h3-5H,1-2H3,(H2,14,15). The van der Waals surface area contributed by atoms with Crippen molar-refractivity contribution in [3.05, 3.63) is 33.9 Å². The number of methoxy groups -OCH3 is 1. The second kappa shape index (κ2) is 5.07. The molecule has 0 saturated heterocycles. The number of anilines is 1. The van der Waals surface area contributed by atoms with Crippen molar-refractivity contribution in [2.24, 2.45) is 0 Å². The Balaban J connectivity index is 2.60. The Morgan fingerprint density at radius 3 is 2.83 bits per heavy atom. The van der Waals surface area contributed by atoms with Gasteiger partial charge in [0.05, 0.1) is 12.0 Å². The van der Waals surface area contributed by atoms with Crippen molar-refractivity contribution >= 4 is 38.4 Å². The van der Waals surface area contributed by atoms with Gasteiger partial charge >= 0.3 is 5.97 Å². The van der Waals surface area contributed by atoms with Crippen LogP contribution in [0.2, 0.25) is 0 Å². The van der Waals surface area contributed by atoms with Crippen LogP contribution in [0.4, 0.5) is 5.13 Å². The number of thiazole rings is 1. The van der Waals surface area contributed by atoms with Gasteiger partial charge in [-0.15, -0.1) is 0 Å². The summed E-state index contributed by atoms with van der Waals surface area (Å²) in [5.74, 6) is -0.481. The van der Waals surface area contributed by atoms with E-state index in [4.69, 9.17) is 10.5 Å². The van der Waals surface area contributed by atoms with Gasteiger partial charge in [-0.1, -0.05) is 39.4 Å². The average molecular weight is 327 g/mol. The first-order chi connectivity index (χ1) is 8.52. The predicted octanol–water partition coefficient (Wildman–Crippen LogP) is 3.25. The predicted molar refractivity (Wildman–Crippen MR) is 75.7 cm³/mol. The summed E-state index contributed by atoms with van der Waals surface area (Å²) in [5.41, 5.74) is 7.94. The van der Waals surface area contributed by atoms with E-state index in [0.29, 0.717) is 10.0 Å². The van der Waals surface area contributed by atoms with Crippen LogP contribution in [0.3, 0.4) is 0 Å². The SMILES string of the molecule is COC(=O)c1nc(N)sc1-c1ccc(C)cc1Br. The number of carbonyl (C=O) groups is 1. The summed E-state index contributed by atoms with van der Waals surface area (Å²) in [6.07, 6.45) is 0. The van der Waals surface area contributed by atoms with Gasteiger partial charge in [-0.3, -0.25) is 0 Å². The number of aromatic nitrogens is 1. The quantitative estimate of drug-likeness (QED) is 0.860. The normalized spacial score (nSPS) is 10.4. The van der Waals surface area contributed by atoms with Crippen molar-refractivity contribution in [1.29, 1.82) is 0 Å². The number of halogens is 1. The zero-order chi connectivity index (χ0) is 13.3. The highest BCUT2D eigenvalue weighted by Crippen LogP contribution is 2.37. The molecule has 0 saturated carbocycles. The molecule has 1 aromatic heterocycles. The lowest BCUT2D eigenvalue weighted by Gasteiger charge is -2.04.